The van der Waals surface area contributed by atoms with Gasteiger partial charge < -0.3 is 15.2 Å². The van der Waals surface area contributed by atoms with Crippen LogP contribution in [0, 0.1) is 34.5 Å². The molecule has 0 aromatic carbocycles. The van der Waals surface area contributed by atoms with Crippen molar-refractivity contribution in [2.24, 2.45) is 33.6 Å². The molecule has 0 bridgehead atoms. The third-order valence-electron chi connectivity index (χ3n) is 10.1. The summed E-state index contributed by atoms with van der Waals surface area (Å²) in [4.78, 5) is 33.6. The van der Waals surface area contributed by atoms with E-state index >= 15 is 0 Å². The van der Waals surface area contributed by atoms with Gasteiger partial charge in [-0.05, 0) is 73.8 Å². The molecular formula is C31H38FN3O4S. The number of allylic oxidation sites excluding steroid dienone is 5. The summed E-state index contributed by atoms with van der Waals surface area (Å²) in [6, 6.07) is 2.96. The first-order chi connectivity index (χ1) is 18.9. The van der Waals surface area contributed by atoms with Gasteiger partial charge in [0, 0.05) is 42.1 Å². The molecule has 0 radical (unpaired) electrons. The molecule has 2 N–H and O–H groups in total. The Balaban J connectivity index is 1.57. The monoisotopic (exact) mass is 567 g/mol. The molecule has 4 aliphatic rings. The second-order valence-electron chi connectivity index (χ2n) is 12.2. The number of halogens is 1. The predicted octanol–water partition coefficient (Wildman–Crippen LogP) is 5.45. The molecular weight excluding hydrogens is 529 g/mol. The van der Waals surface area contributed by atoms with Crippen LogP contribution in [0.2, 0.25) is 0 Å². The molecule has 0 saturated heterocycles. The Labute approximate surface area is 240 Å². The summed E-state index contributed by atoms with van der Waals surface area (Å²) in [5.74, 6) is -1.05. The molecule has 9 heteroatoms. The van der Waals surface area contributed by atoms with E-state index in [0.29, 0.717) is 31.4 Å². The molecule has 0 aliphatic heterocycles. The van der Waals surface area contributed by atoms with E-state index in [1.54, 1.807) is 20.0 Å². The molecule has 2 fully saturated rings. The number of aromatic nitrogens is 1. The highest BCUT2D eigenvalue weighted by molar-refractivity contribution is 7.96. The number of aliphatic hydroxyl groups is 1. The van der Waals surface area contributed by atoms with E-state index in [-0.39, 0.29) is 24.2 Å². The number of carbonyl (C=O) groups is 2. The minimum absolute atomic E-state index is 0.0126. The lowest BCUT2D eigenvalue weighted by Crippen LogP contribution is -2.61. The largest absolute Gasteiger partial charge is 0.449 e. The first-order valence-electron chi connectivity index (χ1n) is 14.0. The number of nitrogens with zero attached hydrogens (tertiary/aromatic N) is 2. The van der Waals surface area contributed by atoms with E-state index in [9.17, 15) is 19.1 Å². The van der Waals surface area contributed by atoms with Gasteiger partial charge in [0.15, 0.2) is 5.60 Å². The molecule has 2 saturated carbocycles. The van der Waals surface area contributed by atoms with Gasteiger partial charge in [-0.3, -0.25) is 14.6 Å². The number of ether oxygens (including phenoxy) is 1. The van der Waals surface area contributed by atoms with E-state index in [1.807, 2.05) is 13.1 Å². The van der Waals surface area contributed by atoms with Gasteiger partial charge in [0.05, 0.1) is 18.0 Å². The van der Waals surface area contributed by atoms with Crippen LogP contribution in [0.4, 0.5) is 10.1 Å². The number of aliphatic imine (C=N–C) groups is 1. The zero-order valence-electron chi connectivity index (χ0n) is 23.7. The Kier molecular flexibility index (Phi) is 7.36. The third kappa shape index (κ3) is 4.28. The van der Waals surface area contributed by atoms with E-state index in [2.05, 4.69) is 53.9 Å². The average molecular weight is 568 g/mol. The van der Waals surface area contributed by atoms with Gasteiger partial charge in [-0.2, -0.15) is 4.39 Å². The smallest absolute Gasteiger partial charge is 0.306 e. The number of fused-ring (bicyclic) bond motifs is 5. The lowest BCUT2D eigenvalue weighted by Gasteiger charge is -2.59. The van der Waals surface area contributed by atoms with Crippen molar-refractivity contribution in [2.75, 3.05) is 12.4 Å². The van der Waals surface area contributed by atoms with Crippen LogP contribution in [0.25, 0.3) is 0 Å². The van der Waals surface area contributed by atoms with Crippen LogP contribution >= 0.6 is 12.6 Å². The van der Waals surface area contributed by atoms with Crippen molar-refractivity contribution in [3.05, 3.63) is 58.8 Å². The van der Waals surface area contributed by atoms with Crippen molar-refractivity contribution >= 4 is 35.6 Å². The summed E-state index contributed by atoms with van der Waals surface area (Å²) < 4.78 is 19.3. The van der Waals surface area contributed by atoms with Gasteiger partial charge >= 0.3 is 5.97 Å². The van der Waals surface area contributed by atoms with Crippen LogP contribution in [0.15, 0.2) is 57.9 Å². The van der Waals surface area contributed by atoms with Crippen molar-refractivity contribution in [3.63, 3.8) is 0 Å². The fraction of sp³-hybridized carbons (Fsp3) is 0.548. The zero-order valence-corrected chi connectivity index (χ0v) is 24.6. The number of aliphatic hydroxyl groups excluding tert-OH is 1. The van der Waals surface area contributed by atoms with E-state index < -0.39 is 39.6 Å². The Hall–Kier alpha value is -2.78. The average Bonchev–Trinajstić information content (AvgIpc) is 3.18. The van der Waals surface area contributed by atoms with Gasteiger partial charge in [0.25, 0.3) is 0 Å². The third-order valence-corrected chi connectivity index (χ3v) is 10.5. The van der Waals surface area contributed by atoms with Crippen molar-refractivity contribution in [3.8, 4) is 0 Å². The minimum Gasteiger partial charge on any atom is -0.449 e. The Morgan fingerprint density at radius 3 is 2.73 bits per heavy atom. The number of rotatable bonds is 6. The van der Waals surface area contributed by atoms with E-state index in [4.69, 9.17) is 4.74 Å². The lowest BCUT2D eigenvalue weighted by atomic mass is 9.46. The van der Waals surface area contributed by atoms with Gasteiger partial charge in [0.2, 0.25) is 11.1 Å². The second kappa shape index (κ2) is 10.2. The Bertz CT molecular complexity index is 1350. The molecule has 0 amide bonds. The standard InChI is InChI=1S/C31H38FN3O4S/c1-6-26(37)39-31(28(38)40)10-9-21-20-11-17(2)22-12-23(35-19-7-8-25(32)34-16-19)18(15-33-5)13-29(22,3)27(20)24(36)14-30(21,31)4/h7-8,11-12,15-16,20-21,24,27,35-36H,6,9-10,13-14H2,1-5H3,(H,38,40)/b33-15-/t20-,21?,24-,27?,29-,30-,31-/m0/s1. The number of nitrogens with one attached hydrogen (secondary N) is 1. The first-order valence-corrected chi connectivity index (χ1v) is 14.4. The number of carbonyl (C=O) groups excluding carboxylic acids is 2. The normalized spacial score (nSPS) is 36.8. The number of hydrogen-bond acceptors (Lipinski definition) is 7. The minimum atomic E-state index is -1.36. The molecule has 40 heavy (non-hydrogen) atoms. The summed E-state index contributed by atoms with van der Waals surface area (Å²) in [5.41, 5.74) is 2.26. The Morgan fingerprint density at radius 2 is 2.10 bits per heavy atom. The maximum absolute atomic E-state index is 13.4. The molecule has 214 valence electrons. The quantitative estimate of drug-likeness (QED) is 0.183. The number of hydrogen-bond donors (Lipinski definition) is 3. The summed E-state index contributed by atoms with van der Waals surface area (Å²) in [7, 11) is 1.73. The van der Waals surface area contributed by atoms with Gasteiger partial charge in [-0.1, -0.05) is 32.4 Å². The van der Waals surface area contributed by atoms with Crippen molar-refractivity contribution < 1.29 is 23.8 Å². The first kappa shape index (κ1) is 28.7. The summed E-state index contributed by atoms with van der Waals surface area (Å²) in [5, 5.41) is 14.9. The maximum Gasteiger partial charge on any atom is 0.306 e. The molecule has 5 rings (SSSR count). The topological polar surface area (TPSA) is 101 Å². The predicted molar refractivity (Wildman–Crippen MR) is 155 cm³/mol. The number of esters is 1. The molecule has 1 aromatic rings. The fourth-order valence-electron chi connectivity index (χ4n) is 8.38. The fourth-order valence-corrected chi connectivity index (χ4v) is 8.80. The van der Waals surface area contributed by atoms with Crippen LogP contribution in [-0.2, 0) is 14.3 Å². The second-order valence-corrected chi connectivity index (χ2v) is 12.6. The van der Waals surface area contributed by atoms with Crippen LogP contribution in [0.1, 0.15) is 59.8 Å². The lowest BCUT2D eigenvalue weighted by molar-refractivity contribution is -0.191. The molecule has 1 heterocycles. The van der Waals surface area contributed by atoms with Crippen LogP contribution in [0.3, 0.4) is 0 Å². The van der Waals surface area contributed by atoms with E-state index in [0.717, 1.165) is 22.4 Å². The van der Waals surface area contributed by atoms with Crippen molar-refractivity contribution in [1.29, 1.82) is 0 Å². The molecule has 0 spiro atoms. The van der Waals surface area contributed by atoms with Gasteiger partial charge in [-0.15, -0.1) is 12.6 Å². The highest BCUT2D eigenvalue weighted by Gasteiger charge is 2.70. The number of pyridine rings is 1. The molecule has 7 nitrogen and oxygen atoms in total. The summed E-state index contributed by atoms with van der Waals surface area (Å²) >= 11 is 4.24. The molecule has 1 aromatic heterocycles. The SMILES string of the molecule is CCC(=O)O[C@]1(C(=O)S)CCC2[C@@H]3C=C(C)C4=CC(Nc5ccc(F)nc5)=C(/C=N\C)C[C@]4(C)C3[C@@H](O)C[C@@]21C. The number of thiol groups is 1. The highest BCUT2D eigenvalue weighted by atomic mass is 32.1. The van der Waals surface area contributed by atoms with E-state index in [1.165, 1.54) is 12.3 Å². The number of anilines is 1. The summed E-state index contributed by atoms with van der Waals surface area (Å²) in [6.07, 6.45) is 9.18. The van der Waals surface area contributed by atoms with Crippen molar-refractivity contribution in [2.45, 2.75) is 71.5 Å². The van der Waals surface area contributed by atoms with Crippen LogP contribution < -0.4 is 5.32 Å². The van der Waals surface area contributed by atoms with Crippen molar-refractivity contribution in [1.82, 2.24) is 4.98 Å². The zero-order chi connectivity index (χ0) is 29.0. The van der Waals surface area contributed by atoms with Gasteiger partial charge in [-0.25, -0.2) is 4.98 Å². The molecule has 4 aliphatic carbocycles. The Morgan fingerprint density at radius 1 is 1.35 bits per heavy atom. The van der Waals surface area contributed by atoms with Gasteiger partial charge in [0.1, 0.15) is 0 Å². The molecule has 7 atom stereocenters. The van der Waals surface area contributed by atoms with Crippen LogP contribution in [-0.4, -0.2) is 46.1 Å². The maximum atomic E-state index is 13.4. The molecule has 2 unspecified atom stereocenters. The van der Waals surface area contributed by atoms with Crippen LogP contribution in [0.5, 0.6) is 0 Å². The highest BCUT2D eigenvalue weighted by Crippen LogP contribution is 2.68. The summed E-state index contributed by atoms with van der Waals surface area (Å²) in [6.45, 7) is 8.01.